The summed E-state index contributed by atoms with van der Waals surface area (Å²) in [5, 5.41) is 12.0. The molecule has 0 spiro atoms. The average molecular weight is 222 g/mol. The Balaban J connectivity index is 1.96. The second-order valence-corrected chi connectivity index (χ2v) is 3.62. The molecule has 0 aliphatic heterocycles. The molecule has 0 aliphatic rings. The van der Waals surface area contributed by atoms with Crippen LogP contribution in [0.1, 0.15) is 0 Å². The van der Waals surface area contributed by atoms with Crippen molar-refractivity contribution in [3.05, 3.63) is 54.7 Å². The van der Waals surface area contributed by atoms with Crippen LogP contribution in [0, 0.1) is 0 Å². The van der Waals surface area contributed by atoms with Gasteiger partial charge in [0.05, 0.1) is 5.52 Å². The molecule has 2 aromatic heterocycles. The van der Waals surface area contributed by atoms with Gasteiger partial charge in [-0.15, -0.1) is 5.10 Å². The van der Waals surface area contributed by atoms with Crippen molar-refractivity contribution in [2.24, 2.45) is 0 Å². The third-order valence-corrected chi connectivity index (χ3v) is 2.43. The van der Waals surface area contributed by atoms with Crippen molar-refractivity contribution >= 4 is 22.5 Å². The molecule has 0 unspecified atom stereocenters. The average Bonchev–Trinajstić information content (AvgIpc) is 2.40. The summed E-state index contributed by atoms with van der Waals surface area (Å²) in [6.45, 7) is 0. The molecule has 4 nitrogen and oxygen atoms in total. The van der Waals surface area contributed by atoms with Crippen LogP contribution in [-0.2, 0) is 0 Å². The van der Waals surface area contributed by atoms with E-state index in [4.69, 9.17) is 0 Å². The van der Waals surface area contributed by atoms with Gasteiger partial charge in [-0.3, -0.25) is 0 Å². The summed E-state index contributed by atoms with van der Waals surface area (Å²) in [6.07, 6.45) is 1.64. The van der Waals surface area contributed by atoms with Crippen molar-refractivity contribution in [2.75, 3.05) is 5.32 Å². The number of pyridine rings is 1. The standard InChI is InChI=1S/C13H10N4/c1-2-5-11-10(4-1)7-8-12(15-11)16-13-6-3-9-14-17-13/h1-9H,(H,15,16,17). The monoisotopic (exact) mass is 222 g/mol. The summed E-state index contributed by atoms with van der Waals surface area (Å²) in [5.74, 6) is 1.46. The van der Waals surface area contributed by atoms with E-state index < -0.39 is 0 Å². The van der Waals surface area contributed by atoms with Crippen molar-refractivity contribution in [2.45, 2.75) is 0 Å². The Hall–Kier alpha value is -2.49. The second-order valence-electron chi connectivity index (χ2n) is 3.62. The molecule has 0 radical (unpaired) electrons. The maximum atomic E-state index is 4.49. The second kappa shape index (κ2) is 4.17. The zero-order valence-electron chi connectivity index (χ0n) is 9.04. The van der Waals surface area contributed by atoms with Gasteiger partial charge in [-0.05, 0) is 30.3 Å². The van der Waals surface area contributed by atoms with Gasteiger partial charge in [-0.2, -0.15) is 5.10 Å². The van der Waals surface area contributed by atoms with Crippen molar-refractivity contribution in [3.63, 3.8) is 0 Å². The molecule has 82 valence electrons. The first-order valence-electron chi connectivity index (χ1n) is 5.32. The molecule has 0 saturated heterocycles. The van der Waals surface area contributed by atoms with Crippen LogP contribution >= 0.6 is 0 Å². The lowest BCUT2D eigenvalue weighted by molar-refractivity contribution is 1.03. The number of rotatable bonds is 2. The fourth-order valence-corrected chi connectivity index (χ4v) is 1.64. The fraction of sp³-hybridized carbons (Fsp3) is 0. The summed E-state index contributed by atoms with van der Waals surface area (Å²) in [7, 11) is 0. The molecule has 3 aromatic rings. The molecule has 3 rings (SSSR count). The van der Waals surface area contributed by atoms with Crippen molar-refractivity contribution in [3.8, 4) is 0 Å². The van der Waals surface area contributed by atoms with E-state index >= 15 is 0 Å². The van der Waals surface area contributed by atoms with E-state index in [9.17, 15) is 0 Å². The summed E-state index contributed by atoms with van der Waals surface area (Å²) >= 11 is 0. The van der Waals surface area contributed by atoms with Crippen LogP contribution in [-0.4, -0.2) is 15.2 Å². The maximum Gasteiger partial charge on any atom is 0.154 e. The van der Waals surface area contributed by atoms with Gasteiger partial charge in [0.2, 0.25) is 0 Å². The van der Waals surface area contributed by atoms with Gasteiger partial charge in [0.25, 0.3) is 0 Å². The van der Waals surface area contributed by atoms with Crippen molar-refractivity contribution in [1.82, 2.24) is 15.2 Å². The molecular weight excluding hydrogens is 212 g/mol. The highest BCUT2D eigenvalue weighted by Crippen LogP contribution is 2.16. The summed E-state index contributed by atoms with van der Waals surface area (Å²) < 4.78 is 0. The van der Waals surface area contributed by atoms with Gasteiger partial charge in [-0.1, -0.05) is 18.2 Å². The minimum atomic E-state index is 0.690. The molecule has 1 N–H and O–H groups in total. The predicted octanol–water partition coefficient (Wildman–Crippen LogP) is 2.77. The number of hydrogen-bond donors (Lipinski definition) is 1. The lowest BCUT2D eigenvalue weighted by atomic mass is 10.2. The maximum absolute atomic E-state index is 4.49. The molecule has 0 saturated carbocycles. The topological polar surface area (TPSA) is 50.7 Å². The van der Waals surface area contributed by atoms with Gasteiger partial charge in [0, 0.05) is 11.6 Å². The van der Waals surface area contributed by atoms with Gasteiger partial charge in [0.1, 0.15) is 5.82 Å². The highest BCUT2D eigenvalue weighted by atomic mass is 15.2. The zero-order chi connectivity index (χ0) is 11.5. The van der Waals surface area contributed by atoms with Crippen molar-refractivity contribution in [1.29, 1.82) is 0 Å². The highest BCUT2D eigenvalue weighted by molar-refractivity contribution is 5.80. The van der Waals surface area contributed by atoms with Gasteiger partial charge in [-0.25, -0.2) is 4.98 Å². The SMILES string of the molecule is c1cnnc(Nc2ccc3ccccc3n2)c1. The number of aromatic nitrogens is 3. The lowest BCUT2D eigenvalue weighted by Crippen LogP contribution is -1.96. The number of nitrogens with one attached hydrogen (secondary N) is 1. The normalized spacial score (nSPS) is 10.4. The third kappa shape index (κ3) is 2.06. The summed E-state index contributed by atoms with van der Waals surface area (Å²) in [4.78, 5) is 4.49. The quantitative estimate of drug-likeness (QED) is 0.724. The Morgan fingerprint density at radius 2 is 1.76 bits per heavy atom. The van der Waals surface area contributed by atoms with Gasteiger partial charge in [0.15, 0.2) is 5.82 Å². The Morgan fingerprint density at radius 1 is 0.824 bits per heavy atom. The zero-order valence-corrected chi connectivity index (χ0v) is 9.04. The van der Waals surface area contributed by atoms with Crippen LogP contribution in [0.4, 0.5) is 11.6 Å². The van der Waals surface area contributed by atoms with E-state index in [0.29, 0.717) is 5.82 Å². The smallest absolute Gasteiger partial charge is 0.154 e. The summed E-state index contributed by atoms with van der Waals surface area (Å²) in [6, 6.07) is 15.6. The number of anilines is 2. The highest BCUT2D eigenvalue weighted by Gasteiger charge is 1.98. The van der Waals surface area contributed by atoms with E-state index in [1.807, 2.05) is 48.5 Å². The molecule has 2 heterocycles. The van der Waals surface area contributed by atoms with E-state index in [0.717, 1.165) is 16.7 Å². The number of benzene rings is 1. The predicted molar refractivity (Wildman–Crippen MR) is 67.1 cm³/mol. The summed E-state index contributed by atoms with van der Waals surface area (Å²) in [5.41, 5.74) is 0.960. The van der Waals surface area contributed by atoms with E-state index in [1.54, 1.807) is 6.20 Å². The number of fused-ring (bicyclic) bond motifs is 1. The van der Waals surface area contributed by atoms with Gasteiger partial charge < -0.3 is 5.32 Å². The van der Waals surface area contributed by atoms with Crippen LogP contribution in [0.3, 0.4) is 0 Å². The third-order valence-electron chi connectivity index (χ3n) is 2.43. The fourth-order valence-electron chi connectivity index (χ4n) is 1.64. The molecule has 0 fully saturated rings. The number of para-hydroxylation sites is 1. The van der Waals surface area contributed by atoms with Crippen molar-refractivity contribution < 1.29 is 0 Å². The first-order chi connectivity index (χ1) is 8.42. The van der Waals surface area contributed by atoms with Crippen LogP contribution in [0.15, 0.2) is 54.7 Å². The van der Waals surface area contributed by atoms with E-state index in [1.165, 1.54) is 0 Å². The molecule has 17 heavy (non-hydrogen) atoms. The molecule has 4 heteroatoms. The molecule has 0 atom stereocenters. The molecular formula is C13H10N4. The van der Waals surface area contributed by atoms with E-state index in [-0.39, 0.29) is 0 Å². The number of nitrogens with zero attached hydrogens (tertiary/aromatic N) is 3. The minimum Gasteiger partial charge on any atom is -0.323 e. The Bertz CT molecular complexity index is 637. The largest absolute Gasteiger partial charge is 0.323 e. The van der Waals surface area contributed by atoms with E-state index in [2.05, 4.69) is 20.5 Å². The van der Waals surface area contributed by atoms with Crippen LogP contribution in [0.25, 0.3) is 10.9 Å². The lowest BCUT2D eigenvalue weighted by Gasteiger charge is -2.04. The first-order valence-corrected chi connectivity index (χ1v) is 5.32. The van der Waals surface area contributed by atoms with Gasteiger partial charge >= 0.3 is 0 Å². The molecule has 0 amide bonds. The van der Waals surface area contributed by atoms with Crippen LogP contribution in [0.5, 0.6) is 0 Å². The molecule has 0 aliphatic carbocycles. The Labute approximate surface area is 98.3 Å². The Morgan fingerprint density at radius 3 is 2.65 bits per heavy atom. The van der Waals surface area contributed by atoms with Crippen LogP contribution in [0.2, 0.25) is 0 Å². The van der Waals surface area contributed by atoms with Crippen LogP contribution < -0.4 is 5.32 Å². The molecule has 0 bridgehead atoms. The Kier molecular flexibility index (Phi) is 2.38. The first kappa shape index (κ1) is 9.72. The molecule has 1 aromatic carbocycles. The minimum absolute atomic E-state index is 0.690. The number of hydrogen-bond acceptors (Lipinski definition) is 4.